The first-order valence-corrected chi connectivity index (χ1v) is 8.80. The molecule has 1 N–H and O–H groups in total. The van der Waals surface area contributed by atoms with E-state index in [0.717, 1.165) is 25.1 Å². The molecule has 4 rings (SSSR count). The van der Waals surface area contributed by atoms with E-state index in [0.29, 0.717) is 12.0 Å². The van der Waals surface area contributed by atoms with Gasteiger partial charge in [0.1, 0.15) is 6.04 Å². The number of aliphatic carboxylic acids is 1. The molecule has 24 heavy (non-hydrogen) atoms. The van der Waals surface area contributed by atoms with E-state index in [-0.39, 0.29) is 6.04 Å². The third-order valence-corrected chi connectivity index (χ3v) is 5.58. The van der Waals surface area contributed by atoms with E-state index in [9.17, 15) is 9.90 Å². The second-order valence-electron chi connectivity index (χ2n) is 6.99. The molecule has 126 valence electrons. The Morgan fingerprint density at radius 1 is 1.21 bits per heavy atom. The van der Waals surface area contributed by atoms with Crippen molar-refractivity contribution in [2.45, 2.75) is 50.7 Å². The molecule has 5 heteroatoms. The van der Waals surface area contributed by atoms with Crippen molar-refractivity contribution < 1.29 is 9.90 Å². The standard InChI is InChI=1S/C19H23N3O2/c23-19(24)18-12-15-4-1-2-5-17(15)21(18)13-14-6-8-16(9-7-14)22-11-3-10-20-22/h3,6-11,15,17-18H,1-2,4-5,12-13H2,(H,23,24). The number of rotatable bonds is 4. The van der Waals surface area contributed by atoms with Gasteiger partial charge in [-0.2, -0.15) is 5.10 Å². The minimum absolute atomic E-state index is 0.330. The highest BCUT2D eigenvalue weighted by molar-refractivity contribution is 5.74. The Kier molecular flexibility index (Phi) is 4.10. The lowest BCUT2D eigenvalue weighted by molar-refractivity contribution is -0.142. The minimum Gasteiger partial charge on any atom is -0.480 e. The van der Waals surface area contributed by atoms with Crippen LogP contribution in [0.4, 0.5) is 0 Å². The fourth-order valence-electron chi connectivity index (χ4n) is 4.41. The summed E-state index contributed by atoms with van der Waals surface area (Å²) in [4.78, 5) is 13.9. The SMILES string of the molecule is O=C(O)C1CC2CCCCC2N1Cc1ccc(-n2cccn2)cc1. The molecule has 1 saturated heterocycles. The van der Waals surface area contributed by atoms with Crippen LogP contribution in [0, 0.1) is 5.92 Å². The lowest BCUT2D eigenvalue weighted by atomic mass is 9.84. The highest BCUT2D eigenvalue weighted by Gasteiger charge is 2.44. The Morgan fingerprint density at radius 2 is 2.00 bits per heavy atom. The average Bonchev–Trinajstić information content (AvgIpc) is 3.24. The maximum absolute atomic E-state index is 11.7. The summed E-state index contributed by atoms with van der Waals surface area (Å²) in [6.45, 7) is 0.720. The molecule has 2 fully saturated rings. The molecule has 2 aliphatic rings. The first-order chi connectivity index (χ1) is 11.7. The van der Waals surface area contributed by atoms with Gasteiger partial charge in [-0.05, 0) is 48.9 Å². The number of carbonyl (C=O) groups is 1. The van der Waals surface area contributed by atoms with Gasteiger partial charge in [-0.15, -0.1) is 0 Å². The van der Waals surface area contributed by atoms with Gasteiger partial charge < -0.3 is 5.11 Å². The van der Waals surface area contributed by atoms with Crippen LogP contribution in [0.2, 0.25) is 0 Å². The summed E-state index contributed by atoms with van der Waals surface area (Å²) in [6, 6.07) is 10.3. The van der Waals surface area contributed by atoms with Crippen LogP contribution in [0.1, 0.15) is 37.7 Å². The van der Waals surface area contributed by atoms with E-state index in [1.54, 1.807) is 6.20 Å². The fourth-order valence-corrected chi connectivity index (χ4v) is 4.41. The molecule has 0 bridgehead atoms. The third-order valence-electron chi connectivity index (χ3n) is 5.58. The molecule has 1 saturated carbocycles. The maximum atomic E-state index is 11.7. The molecule has 3 unspecified atom stereocenters. The number of likely N-dealkylation sites (tertiary alicyclic amines) is 1. The van der Waals surface area contributed by atoms with E-state index >= 15 is 0 Å². The molecular weight excluding hydrogens is 302 g/mol. The zero-order chi connectivity index (χ0) is 16.5. The summed E-state index contributed by atoms with van der Waals surface area (Å²) < 4.78 is 1.83. The van der Waals surface area contributed by atoms with E-state index < -0.39 is 5.97 Å². The summed E-state index contributed by atoms with van der Waals surface area (Å²) in [6.07, 6.45) is 9.29. The fraction of sp³-hybridized carbons (Fsp3) is 0.474. The van der Waals surface area contributed by atoms with E-state index in [4.69, 9.17) is 0 Å². The molecule has 0 amide bonds. The maximum Gasteiger partial charge on any atom is 0.320 e. The normalized spacial score (nSPS) is 27.1. The molecule has 3 atom stereocenters. The second kappa shape index (κ2) is 6.40. The Hall–Kier alpha value is -2.14. The molecule has 2 aromatic rings. The highest BCUT2D eigenvalue weighted by atomic mass is 16.4. The molecular formula is C19H23N3O2. The van der Waals surface area contributed by atoms with Crippen LogP contribution >= 0.6 is 0 Å². The molecule has 0 radical (unpaired) electrons. The molecule has 1 aromatic heterocycles. The van der Waals surface area contributed by atoms with Crippen molar-refractivity contribution in [3.63, 3.8) is 0 Å². The van der Waals surface area contributed by atoms with Gasteiger partial charge in [0.2, 0.25) is 0 Å². The van der Waals surface area contributed by atoms with Gasteiger partial charge in [-0.1, -0.05) is 25.0 Å². The largest absolute Gasteiger partial charge is 0.480 e. The Labute approximate surface area is 141 Å². The van der Waals surface area contributed by atoms with Crippen molar-refractivity contribution in [3.8, 4) is 5.69 Å². The summed E-state index contributed by atoms with van der Waals surface area (Å²) in [7, 11) is 0. The smallest absolute Gasteiger partial charge is 0.320 e. The van der Waals surface area contributed by atoms with E-state index in [2.05, 4.69) is 22.1 Å². The summed E-state index contributed by atoms with van der Waals surface area (Å²) >= 11 is 0. The highest BCUT2D eigenvalue weighted by Crippen LogP contribution is 2.40. The van der Waals surface area contributed by atoms with Crippen LogP contribution in [0.25, 0.3) is 5.69 Å². The minimum atomic E-state index is -0.669. The topological polar surface area (TPSA) is 58.4 Å². The quantitative estimate of drug-likeness (QED) is 0.938. The summed E-state index contributed by atoms with van der Waals surface area (Å²) in [5.41, 5.74) is 2.19. The van der Waals surface area contributed by atoms with Crippen LogP contribution in [0.15, 0.2) is 42.7 Å². The predicted octanol–water partition coefficient (Wildman–Crippen LogP) is 3.09. The van der Waals surface area contributed by atoms with Gasteiger partial charge >= 0.3 is 5.97 Å². The van der Waals surface area contributed by atoms with Crippen LogP contribution in [0.5, 0.6) is 0 Å². The van der Waals surface area contributed by atoms with Crippen LogP contribution in [0.3, 0.4) is 0 Å². The average molecular weight is 325 g/mol. The Bertz CT molecular complexity index is 696. The molecule has 0 spiro atoms. The van der Waals surface area contributed by atoms with Crippen molar-refractivity contribution >= 4 is 5.97 Å². The number of carboxylic acid groups (broad SMARTS) is 1. The van der Waals surface area contributed by atoms with Gasteiger partial charge in [0.15, 0.2) is 0 Å². The zero-order valence-electron chi connectivity index (χ0n) is 13.7. The zero-order valence-corrected chi connectivity index (χ0v) is 13.7. The van der Waals surface area contributed by atoms with Gasteiger partial charge in [-0.25, -0.2) is 4.68 Å². The first-order valence-electron chi connectivity index (χ1n) is 8.80. The number of hydrogen-bond acceptors (Lipinski definition) is 3. The number of carboxylic acids is 1. The molecule has 5 nitrogen and oxygen atoms in total. The Morgan fingerprint density at radius 3 is 2.71 bits per heavy atom. The lowest BCUT2D eigenvalue weighted by Gasteiger charge is -2.33. The van der Waals surface area contributed by atoms with E-state index in [1.165, 1.54) is 24.8 Å². The van der Waals surface area contributed by atoms with Crippen LogP contribution < -0.4 is 0 Å². The second-order valence-corrected chi connectivity index (χ2v) is 6.99. The van der Waals surface area contributed by atoms with Crippen LogP contribution in [-0.4, -0.2) is 37.8 Å². The van der Waals surface area contributed by atoms with Gasteiger partial charge in [0, 0.05) is 25.0 Å². The van der Waals surface area contributed by atoms with Crippen molar-refractivity contribution in [3.05, 3.63) is 48.3 Å². The summed E-state index contributed by atoms with van der Waals surface area (Å²) in [5, 5.41) is 13.9. The molecule has 2 heterocycles. The van der Waals surface area contributed by atoms with Gasteiger partial charge in [0.05, 0.1) is 5.69 Å². The number of fused-ring (bicyclic) bond motifs is 1. The van der Waals surface area contributed by atoms with E-state index in [1.807, 2.05) is 29.1 Å². The number of benzene rings is 1. The number of aromatic nitrogens is 2. The van der Waals surface area contributed by atoms with Gasteiger partial charge in [0.25, 0.3) is 0 Å². The number of nitrogens with zero attached hydrogens (tertiary/aromatic N) is 3. The lowest BCUT2D eigenvalue weighted by Crippen LogP contribution is -2.41. The van der Waals surface area contributed by atoms with Crippen molar-refractivity contribution in [2.24, 2.45) is 5.92 Å². The van der Waals surface area contributed by atoms with Crippen molar-refractivity contribution in [1.82, 2.24) is 14.7 Å². The molecule has 1 aromatic carbocycles. The Balaban J connectivity index is 1.53. The third kappa shape index (κ3) is 2.84. The monoisotopic (exact) mass is 325 g/mol. The molecule has 1 aliphatic carbocycles. The summed E-state index contributed by atoms with van der Waals surface area (Å²) in [5.74, 6) is -0.110. The van der Waals surface area contributed by atoms with Crippen molar-refractivity contribution in [1.29, 1.82) is 0 Å². The number of hydrogen-bond donors (Lipinski definition) is 1. The molecule has 1 aliphatic heterocycles. The van der Waals surface area contributed by atoms with Gasteiger partial charge in [-0.3, -0.25) is 9.69 Å². The first kappa shape index (κ1) is 15.4. The van der Waals surface area contributed by atoms with Crippen molar-refractivity contribution in [2.75, 3.05) is 0 Å². The predicted molar refractivity (Wildman–Crippen MR) is 90.9 cm³/mol. The van der Waals surface area contributed by atoms with Crippen LogP contribution in [-0.2, 0) is 11.3 Å².